The van der Waals surface area contributed by atoms with Crippen LogP contribution in [0.5, 0.6) is 0 Å². The van der Waals surface area contributed by atoms with E-state index in [0.717, 1.165) is 42.1 Å². The Morgan fingerprint density at radius 2 is 1.87 bits per heavy atom. The SMILES string of the molecule is CC[C@H](NCC(=O)NC(=O)NC1CCCC1)c1ccc(Br)cc1. The van der Waals surface area contributed by atoms with Crippen molar-refractivity contribution in [2.24, 2.45) is 0 Å². The maximum atomic E-state index is 11.9. The summed E-state index contributed by atoms with van der Waals surface area (Å²) in [6, 6.07) is 7.92. The smallest absolute Gasteiger partial charge is 0.321 e. The van der Waals surface area contributed by atoms with Gasteiger partial charge in [-0.25, -0.2) is 4.79 Å². The number of benzene rings is 1. The van der Waals surface area contributed by atoms with Gasteiger partial charge in [0.05, 0.1) is 6.54 Å². The minimum atomic E-state index is -0.389. The molecule has 3 amide bonds. The van der Waals surface area contributed by atoms with Gasteiger partial charge in [-0.2, -0.15) is 0 Å². The Balaban J connectivity index is 1.75. The molecule has 1 atom stereocenters. The van der Waals surface area contributed by atoms with Gasteiger partial charge in [0.1, 0.15) is 0 Å². The number of hydrogen-bond acceptors (Lipinski definition) is 3. The number of amides is 3. The lowest BCUT2D eigenvalue weighted by molar-refractivity contribution is -0.119. The molecule has 0 bridgehead atoms. The molecule has 0 aliphatic heterocycles. The van der Waals surface area contributed by atoms with Gasteiger partial charge < -0.3 is 10.6 Å². The fourth-order valence-corrected chi connectivity index (χ4v) is 3.14. The number of carbonyl (C=O) groups excluding carboxylic acids is 2. The number of halogens is 1. The lowest BCUT2D eigenvalue weighted by Crippen LogP contribution is -2.46. The monoisotopic (exact) mass is 381 g/mol. The molecule has 0 heterocycles. The van der Waals surface area contributed by atoms with E-state index in [9.17, 15) is 9.59 Å². The molecule has 1 aliphatic rings. The van der Waals surface area contributed by atoms with Crippen LogP contribution >= 0.6 is 15.9 Å². The topological polar surface area (TPSA) is 70.2 Å². The predicted octanol–water partition coefficient (Wildman–Crippen LogP) is 3.26. The molecular weight excluding hydrogens is 358 g/mol. The van der Waals surface area contributed by atoms with Crippen LogP contribution in [0.15, 0.2) is 28.7 Å². The standard InChI is InChI=1S/C17H24BrN3O2/c1-2-15(12-7-9-13(18)10-8-12)19-11-16(22)21-17(23)20-14-5-3-4-6-14/h7-10,14-15,19H,2-6,11H2,1H3,(H2,20,21,22,23)/t15-/m0/s1. The Bertz CT molecular complexity index is 527. The zero-order valence-corrected chi connectivity index (χ0v) is 15.0. The number of nitrogens with one attached hydrogen (secondary N) is 3. The maximum absolute atomic E-state index is 11.9. The summed E-state index contributed by atoms with van der Waals surface area (Å²) in [6.45, 7) is 2.18. The quantitative estimate of drug-likeness (QED) is 0.707. The molecule has 126 valence electrons. The molecule has 1 saturated carbocycles. The fraction of sp³-hybridized carbons (Fsp3) is 0.529. The average Bonchev–Trinajstić information content (AvgIpc) is 3.02. The molecule has 1 aromatic rings. The second-order valence-electron chi connectivity index (χ2n) is 5.90. The van der Waals surface area contributed by atoms with Gasteiger partial charge in [0.25, 0.3) is 0 Å². The summed E-state index contributed by atoms with van der Waals surface area (Å²) in [6.07, 6.45) is 5.16. The number of rotatable bonds is 6. The van der Waals surface area contributed by atoms with Crippen molar-refractivity contribution in [2.75, 3.05) is 6.54 Å². The Labute approximate surface area is 145 Å². The van der Waals surface area contributed by atoms with Crippen molar-refractivity contribution >= 4 is 27.9 Å². The van der Waals surface area contributed by atoms with Gasteiger partial charge in [0, 0.05) is 16.6 Å². The van der Waals surface area contributed by atoms with Gasteiger partial charge in [-0.15, -0.1) is 0 Å². The highest BCUT2D eigenvalue weighted by molar-refractivity contribution is 9.10. The molecule has 0 spiro atoms. The van der Waals surface area contributed by atoms with Crippen LogP contribution in [0.1, 0.15) is 50.6 Å². The zero-order chi connectivity index (χ0) is 16.7. The summed E-state index contributed by atoms with van der Waals surface area (Å²) in [5.74, 6) is -0.309. The van der Waals surface area contributed by atoms with Gasteiger partial charge in [-0.05, 0) is 37.0 Å². The van der Waals surface area contributed by atoms with Crippen LogP contribution in [-0.2, 0) is 4.79 Å². The van der Waals surface area contributed by atoms with Gasteiger partial charge in [0.15, 0.2) is 0 Å². The first-order valence-corrected chi connectivity index (χ1v) is 8.97. The van der Waals surface area contributed by atoms with Gasteiger partial charge in [0.2, 0.25) is 5.91 Å². The normalized spacial score (nSPS) is 16.1. The molecule has 0 unspecified atom stereocenters. The highest BCUT2D eigenvalue weighted by Gasteiger charge is 2.18. The minimum Gasteiger partial charge on any atom is -0.335 e. The van der Waals surface area contributed by atoms with Crippen molar-refractivity contribution < 1.29 is 9.59 Å². The third-order valence-electron chi connectivity index (χ3n) is 4.13. The summed E-state index contributed by atoms with van der Waals surface area (Å²) in [7, 11) is 0. The molecule has 3 N–H and O–H groups in total. The summed E-state index contributed by atoms with van der Waals surface area (Å²) < 4.78 is 1.03. The highest BCUT2D eigenvalue weighted by Crippen LogP contribution is 2.19. The summed E-state index contributed by atoms with van der Waals surface area (Å²) in [5, 5.41) is 8.43. The molecule has 0 radical (unpaired) electrons. The second kappa shape index (κ2) is 9.03. The van der Waals surface area contributed by atoms with Gasteiger partial charge in [-0.1, -0.05) is 47.8 Å². The van der Waals surface area contributed by atoms with E-state index in [0.29, 0.717) is 0 Å². The third-order valence-corrected chi connectivity index (χ3v) is 4.66. The first-order valence-electron chi connectivity index (χ1n) is 8.17. The van der Waals surface area contributed by atoms with E-state index < -0.39 is 0 Å². The van der Waals surface area contributed by atoms with E-state index in [4.69, 9.17) is 0 Å². The highest BCUT2D eigenvalue weighted by atomic mass is 79.9. The van der Waals surface area contributed by atoms with Crippen LogP contribution in [0.3, 0.4) is 0 Å². The van der Waals surface area contributed by atoms with Gasteiger partial charge in [-0.3, -0.25) is 10.1 Å². The molecule has 2 rings (SSSR count). The number of urea groups is 1. The van der Waals surface area contributed by atoms with Crippen molar-refractivity contribution in [1.82, 2.24) is 16.0 Å². The fourth-order valence-electron chi connectivity index (χ4n) is 2.87. The summed E-state index contributed by atoms with van der Waals surface area (Å²) in [4.78, 5) is 23.6. The van der Waals surface area contributed by atoms with Crippen molar-refractivity contribution in [1.29, 1.82) is 0 Å². The lowest BCUT2D eigenvalue weighted by atomic mass is 10.0. The van der Waals surface area contributed by atoms with E-state index in [1.54, 1.807) is 0 Å². The average molecular weight is 382 g/mol. The van der Waals surface area contributed by atoms with E-state index in [2.05, 4.69) is 38.8 Å². The van der Waals surface area contributed by atoms with Crippen molar-refractivity contribution in [3.8, 4) is 0 Å². The van der Waals surface area contributed by atoms with E-state index in [-0.39, 0.29) is 30.6 Å². The largest absolute Gasteiger partial charge is 0.335 e. The molecule has 1 fully saturated rings. The van der Waals surface area contributed by atoms with Crippen LogP contribution in [0.25, 0.3) is 0 Å². The molecule has 6 heteroatoms. The van der Waals surface area contributed by atoms with Crippen molar-refractivity contribution in [3.63, 3.8) is 0 Å². The Hall–Kier alpha value is -1.40. The Kier molecular flexibility index (Phi) is 7.05. The van der Waals surface area contributed by atoms with Crippen LogP contribution in [0.4, 0.5) is 4.79 Å². The third kappa shape index (κ3) is 5.95. The number of carbonyl (C=O) groups is 2. The molecule has 0 aromatic heterocycles. The van der Waals surface area contributed by atoms with Gasteiger partial charge >= 0.3 is 6.03 Å². The molecule has 23 heavy (non-hydrogen) atoms. The zero-order valence-electron chi connectivity index (χ0n) is 13.4. The first kappa shape index (κ1) is 17.9. The molecular formula is C17H24BrN3O2. The summed E-state index contributed by atoms with van der Waals surface area (Å²) >= 11 is 3.41. The van der Waals surface area contributed by atoms with Crippen LogP contribution in [0, 0.1) is 0 Å². The van der Waals surface area contributed by atoms with E-state index in [1.807, 2.05) is 24.3 Å². The van der Waals surface area contributed by atoms with Crippen LogP contribution in [-0.4, -0.2) is 24.5 Å². The van der Waals surface area contributed by atoms with E-state index in [1.165, 1.54) is 0 Å². The Morgan fingerprint density at radius 1 is 1.22 bits per heavy atom. The minimum absolute atomic E-state index is 0.0896. The maximum Gasteiger partial charge on any atom is 0.321 e. The van der Waals surface area contributed by atoms with Crippen LogP contribution in [0.2, 0.25) is 0 Å². The van der Waals surface area contributed by atoms with E-state index >= 15 is 0 Å². The number of hydrogen-bond donors (Lipinski definition) is 3. The number of imide groups is 1. The second-order valence-corrected chi connectivity index (χ2v) is 6.81. The predicted molar refractivity (Wildman–Crippen MR) is 94.1 cm³/mol. The van der Waals surface area contributed by atoms with Crippen LogP contribution < -0.4 is 16.0 Å². The Morgan fingerprint density at radius 3 is 2.48 bits per heavy atom. The lowest BCUT2D eigenvalue weighted by Gasteiger charge is -2.18. The summed E-state index contributed by atoms with van der Waals surface area (Å²) in [5.41, 5.74) is 1.12. The molecule has 0 saturated heterocycles. The molecule has 5 nitrogen and oxygen atoms in total. The first-order chi connectivity index (χ1) is 11.1. The van der Waals surface area contributed by atoms with Crippen molar-refractivity contribution in [2.45, 2.75) is 51.1 Å². The van der Waals surface area contributed by atoms with Crippen molar-refractivity contribution in [3.05, 3.63) is 34.3 Å². The molecule has 1 aromatic carbocycles. The molecule has 1 aliphatic carbocycles.